The highest BCUT2D eigenvalue weighted by atomic mass is 16.6. The Morgan fingerprint density at radius 3 is 1.94 bits per heavy atom. The van der Waals surface area contributed by atoms with Crippen LogP contribution in [0, 0.1) is 11.3 Å². The van der Waals surface area contributed by atoms with Crippen LogP contribution in [0.2, 0.25) is 0 Å². The van der Waals surface area contributed by atoms with Crippen LogP contribution in [0.5, 0.6) is 5.75 Å². The summed E-state index contributed by atoms with van der Waals surface area (Å²) >= 11 is 0. The third-order valence-corrected chi connectivity index (χ3v) is 2.37. The zero-order valence-electron chi connectivity index (χ0n) is 9.13. The van der Waals surface area contributed by atoms with Crippen LogP contribution in [0.25, 0.3) is 11.1 Å². The molecular weight excluding hydrogens is 212 g/mol. The van der Waals surface area contributed by atoms with E-state index >= 15 is 0 Å². The SMILES string of the molecule is C=NOc1ccc(-c2ccc(C#N)cc2)cc1. The van der Waals surface area contributed by atoms with Gasteiger partial charge in [0.25, 0.3) is 0 Å². The fourth-order valence-corrected chi connectivity index (χ4v) is 1.52. The molecule has 0 fully saturated rings. The molecule has 82 valence electrons. The largest absolute Gasteiger partial charge is 0.358 e. The van der Waals surface area contributed by atoms with Gasteiger partial charge in [-0.25, -0.2) is 0 Å². The fourth-order valence-electron chi connectivity index (χ4n) is 1.52. The van der Waals surface area contributed by atoms with Crippen LogP contribution >= 0.6 is 0 Å². The second-order valence-electron chi connectivity index (χ2n) is 3.43. The molecule has 0 amide bonds. The van der Waals surface area contributed by atoms with Crippen molar-refractivity contribution in [1.29, 1.82) is 5.26 Å². The number of rotatable bonds is 3. The van der Waals surface area contributed by atoms with Gasteiger partial charge in [0.05, 0.1) is 11.6 Å². The molecule has 0 saturated carbocycles. The lowest BCUT2D eigenvalue weighted by atomic mass is 10.0. The summed E-state index contributed by atoms with van der Waals surface area (Å²) in [4.78, 5) is 4.90. The smallest absolute Gasteiger partial charge is 0.157 e. The minimum absolute atomic E-state index is 0.650. The Labute approximate surface area is 99.6 Å². The third-order valence-electron chi connectivity index (χ3n) is 2.37. The van der Waals surface area contributed by atoms with Gasteiger partial charge < -0.3 is 4.84 Å². The highest BCUT2D eigenvalue weighted by Gasteiger charge is 1.99. The Morgan fingerprint density at radius 1 is 0.941 bits per heavy atom. The molecule has 2 aromatic carbocycles. The first-order valence-corrected chi connectivity index (χ1v) is 5.07. The fraction of sp³-hybridized carbons (Fsp3) is 0. The second-order valence-corrected chi connectivity index (χ2v) is 3.43. The molecule has 3 nitrogen and oxygen atoms in total. The molecular formula is C14H10N2O. The molecule has 0 unspecified atom stereocenters. The summed E-state index contributed by atoms with van der Waals surface area (Å²) < 4.78 is 0. The zero-order chi connectivity index (χ0) is 12.1. The van der Waals surface area contributed by atoms with Gasteiger partial charge in [-0.3, -0.25) is 0 Å². The molecule has 17 heavy (non-hydrogen) atoms. The number of hydrogen-bond acceptors (Lipinski definition) is 3. The Bertz CT molecular complexity index is 550. The van der Waals surface area contributed by atoms with E-state index in [0.717, 1.165) is 11.1 Å². The summed E-state index contributed by atoms with van der Waals surface area (Å²) in [7, 11) is 0. The molecule has 0 aliphatic rings. The van der Waals surface area contributed by atoms with Crippen molar-refractivity contribution in [2.24, 2.45) is 5.16 Å². The van der Waals surface area contributed by atoms with Gasteiger partial charge in [0.15, 0.2) is 5.75 Å². The molecule has 3 heteroatoms. The van der Waals surface area contributed by atoms with Crippen LogP contribution in [-0.2, 0) is 0 Å². The second kappa shape index (κ2) is 4.95. The third kappa shape index (κ3) is 2.50. The zero-order valence-corrected chi connectivity index (χ0v) is 9.13. The van der Waals surface area contributed by atoms with Gasteiger partial charge in [0, 0.05) is 6.72 Å². The lowest BCUT2D eigenvalue weighted by molar-refractivity contribution is 0.345. The molecule has 0 aromatic heterocycles. The predicted octanol–water partition coefficient (Wildman–Crippen LogP) is 3.22. The summed E-state index contributed by atoms with van der Waals surface area (Å²) in [5.41, 5.74) is 2.78. The van der Waals surface area contributed by atoms with E-state index in [-0.39, 0.29) is 0 Å². The Morgan fingerprint density at radius 2 is 1.47 bits per heavy atom. The van der Waals surface area contributed by atoms with Crippen molar-refractivity contribution < 1.29 is 4.84 Å². The lowest BCUT2D eigenvalue weighted by Gasteiger charge is -2.02. The van der Waals surface area contributed by atoms with Crippen LogP contribution in [0.3, 0.4) is 0 Å². The highest BCUT2D eigenvalue weighted by Crippen LogP contribution is 2.22. The van der Waals surface area contributed by atoms with Gasteiger partial charge in [-0.2, -0.15) is 5.26 Å². The molecule has 0 heterocycles. The van der Waals surface area contributed by atoms with Crippen LogP contribution in [-0.4, -0.2) is 6.72 Å². The summed E-state index contributed by atoms with van der Waals surface area (Å²) in [6.45, 7) is 3.25. The molecule has 0 spiro atoms. The van der Waals surface area contributed by atoms with Gasteiger partial charge in [-0.1, -0.05) is 29.4 Å². The Hall–Kier alpha value is -2.60. The maximum Gasteiger partial charge on any atom is 0.157 e. The molecule has 0 N–H and O–H groups in total. The quantitative estimate of drug-likeness (QED) is 0.591. The summed E-state index contributed by atoms with van der Waals surface area (Å²) in [5.74, 6) is 0.650. The van der Waals surface area contributed by atoms with Gasteiger partial charge in [0.1, 0.15) is 0 Å². The predicted molar refractivity (Wildman–Crippen MR) is 66.8 cm³/mol. The first kappa shape index (κ1) is 10.9. The maximum atomic E-state index is 8.71. The normalized spacial score (nSPS) is 9.35. The molecule has 0 radical (unpaired) electrons. The minimum Gasteiger partial charge on any atom is -0.358 e. The number of hydrogen-bond donors (Lipinski definition) is 0. The van der Waals surface area contributed by atoms with Crippen molar-refractivity contribution >= 4 is 6.72 Å². The average molecular weight is 222 g/mol. The van der Waals surface area contributed by atoms with Gasteiger partial charge in [-0.15, -0.1) is 0 Å². The van der Waals surface area contributed by atoms with Crippen LogP contribution in [0.15, 0.2) is 53.7 Å². The van der Waals surface area contributed by atoms with E-state index in [1.807, 2.05) is 36.4 Å². The van der Waals surface area contributed by atoms with Crippen molar-refractivity contribution in [2.45, 2.75) is 0 Å². The van der Waals surface area contributed by atoms with Crippen LogP contribution in [0.1, 0.15) is 5.56 Å². The summed E-state index contributed by atoms with van der Waals surface area (Å²) in [6, 6.07) is 17.0. The highest BCUT2D eigenvalue weighted by molar-refractivity contribution is 5.64. The molecule has 2 aromatic rings. The summed E-state index contributed by atoms with van der Waals surface area (Å²) in [5, 5.41) is 12.1. The lowest BCUT2D eigenvalue weighted by Crippen LogP contribution is -1.82. The number of oxime groups is 1. The number of benzene rings is 2. The van der Waals surface area contributed by atoms with Crippen molar-refractivity contribution in [2.75, 3.05) is 0 Å². The van der Waals surface area contributed by atoms with Gasteiger partial charge in [0.2, 0.25) is 0 Å². The average Bonchev–Trinajstić information content (AvgIpc) is 2.40. The van der Waals surface area contributed by atoms with Crippen LogP contribution in [0.4, 0.5) is 0 Å². The van der Waals surface area contributed by atoms with Crippen molar-refractivity contribution in [3.05, 3.63) is 54.1 Å². The molecule has 0 aliphatic carbocycles. The van der Waals surface area contributed by atoms with E-state index in [1.165, 1.54) is 0 Å². The molecule has 0 aliphatic heterocycles. The molecule has 0 atom stereocenters. The number of nitrogens with zero attached hydrogens (tertiary/aromatic N) is 2. The number of nitriles is 1. The van der Waals surface area contributed by atoms with E-state index in [4.69, 9.17) is 10.1 Å². The Kier molecular flexibility index (Phi) is 3.18. The first-order chi connectivity index (χ1) is 8.33. The van der Waals surface area contributed by atoms with Crippen molar-refractivity contribution in [3.8, 4) is 22.9 Å². The van der Waals surface area contributed by atoms with Gasteiger partial charge in [-0.05, 0) is 35.4 Å². The van der Waals surface area contributed by atoms with Crippen molar-refractivity contribution in [1.82, 2.24) is 0 Å². The Balaban J connectivity index is 2.27. The standard InChI is InChI=1S/C14H10N2O/c1-16-17-14-8-6-13(7-9-14)12-4-2-11(10-15)3-5-12/h2-9H,1H2. The van der Waals surface area contributed by atoms with E-state index < -0.39 is 0 Å². The first-order valence-electron chi connectivity index (χ1n) is 5.07. The molecule has 0 saturated heterocycles. The van der Waals surface area contributed by atoms with E-state index in [2.05, 4.69) is 17.9 Å². The van der Waals surface area contributed by atoms with E-state index in [1.54, 1.807) is 12.1 Å². The van der Waals surface area contributed by atoms with Gasteiger partial charge >= 0.3 is 0 Å². The van der Waals surface area contributed by atoms with E-state index in [0.29, 0.717) is 11.3 Å². The van der Waals surface area contributed by atoms with E-state index in [9.17, 15) is 0 Å². The summed E-state index contributed by atoms with van der Waals surface area (Å²) in [6.07, 6.45) is 0. The monoisotopic (exact) mass is 222 g/mol. The van der Waals surface area contributed by atoms with Crippen molar-refractivity contribution in [3.63, 3.8) is 0 Å². The molecule has 0 bridgehead atoms. The molecule has 2 rings (SSSR count). The van der Waals surface area contributed by atoms with Crippen LogP contribution < -0.4 is 4.84 Å². The topological polar surface area (TPSA) is 45.4 Å². The maximum absolute atomic E-state index is 8.71. The minimum atomic E-state index is 0.650.